The van der Waals surface area contributed by atoms with Crippen molar-refractivity contribution in [2.75, 3.05) is 6.26 Å². The number of carbonyl (C=O) groups excluding carboxylic acids is 1. The van der Waals surface area contributed by atoms with Gasteiger partial charge in [0.15, 0.2) is 0 Å². The number of H-pyrrole nitrogens is 1. The molecule has 0 unspecified atom stereocenters. The first-order chi connectivity index (χ1) is 16.1. The molecule has 4 heterocycles. The highest BCUT2D eigenvalue weighted by atomic mass is 32.2. The van der Waals surface area contributed by atoms with Crippen LogP contribution in [0.15, 0.2) is 61.4 Å². The van der Waals surface area contributed by atoms with Crippen LogP contribution in [0, 0.1) is 6.92 Å². The van der Waals surface area contributed by atoms with Crippen molar-refractivity contribution in [3.8, 4) is 5.69 Å². The normalized spacial score (nSPS) is 11.9. The number of aromatic amines is 1. The van der Waals surface area contributed by atoms with Gasteiger partial charge in [-0.2, -0.15) is 0 Å². The van der Waals surface area contributed by atoms with Gasteiger partial charge in [-0.25, -0.2) is 22.5 Å². The summed E-state index contributed by atoms with van der Waals surface area (Å²) in [6.07, 6.45) is 2.33. The molecule has 0 aliphatic carbocycles. The van der Waals surface area contributed by atoms with E-state index in [0.29, 0.717) is 22.2 Å². The molecule has 2 N–H and O–H groups in total. The van der Waals surface area contributed by atoms with Crippen molar-refractivity contribution in [2.45, 2.75) is 13.5 Å². The lowest BCUT2D eigenvalue weighted by atomic mass is 10.1. The SMILES string of the molecule is Cc1ccc2c(c1)c(-n1c(=O)[nH]c3cscc3c1=O)c(C(=O)NS(C)(=O)=O)n2Cc1ccco1. The Morgan fingerprint density at radius 2 is 1.97 bits per heavy atom. The van der Waals surface area contributed by atoms with Crippen LogP contribution in [0.5, 0.6) is 0 Å². The van der Waals surface area contributed by atoms with Crippen LogP contribution in [0.4, 0.5) is 0 Å². The van der Waals surface area contributed by atoms with E-state index in [-0.39, 0.29) is 23.3 Å². The molecule has 0 saturated heterocycles. The van der Waals surface area contributed by atoms with Crippen LogP contribution in [-0.4, -0.2) is 34.7 Å². The molecule has 174 valence electrons. The van der Waals surface area contributed by atoms with Crippen LogP contribution in [-0.2, 0) is 16.6 Å². The fraction of sp³-hybridized carbons (Fsp3) is 0.136. The number of sulfonamides is 1. The van der Waals surface area contributed by atoms with Crippen LogP contribution in [0.25, 0.3) is 27.5 Å². The fourth-order valence-corrected chi connectivity index (χ4v) is 5.18. The zero-order valence-electron chi connectivity index (χ0n) is 18.0. The largest absolute Gasteiger partial charge is 0.467 e. The lowest BCUT2D eigenvalue weighted by Crippen LogP contribution is -2.37. The molecule has 0 fully saturated rings. The van der Waals surface area contributed by atoms with Crippen molar-refractivity contribution in [1.82, 2.24) is 18.8 Å². The van der Waals surface area contributed by atoms with Gasteiger partial charge in [-0.05, 0) is 31.2 Å². The standard InChI is InChI=1S/C22H18N4O6S2/c1-12-5-6-17-14(8-12)18(26-21(28)15-10-33-11-16(15)23-22(26)29)19(20(27)24-34(2,30)31)25(17)9-13-4-3-7-32-13/h3-8,10-11H,9H2,1-2H3,(H,23,29)(H,24,27). The van der Waals surface area contributed by atoms with Gasteiger partial charge in [0.05, 0.1) is 41.2 Å². The average molecular weight is 499 g/mol. The Balaban J connectivity index is 1.94. The van der Waals surface area contributed by atoms with Gasteiger partial charge in [0.1, 0.15) is 11.5 Å². The number of fused-ring (bicyclic) bond motifs is 2. The first-order valence-electron chi connectivity index (χ1n) is 10.0. The molecule has 0 spiro atoms. The topological polar surface area (TPSA) is 136 Å². The van der Waals surface area contributed by atoms with Crippen molar-refractivity contribution < 1.29 is 17.6 Å². The smallest absolute Gasteiger partial charge is 0.333 e. The Hall–Kier alpha value is -3.90. The minimum absolute atomic E-state index is 0.00856. The molecule has 0 saturated carbocycles. The molecular formula is C22H18N4O6S2. The molecule has 0 atom stereocenters. The third kappa shape index (κ3) is 3.66. The molecule has 5 aromatic rings. The molecule has 0 radical (unpaired) electrons. The second-order valence-corrected chi connectivity index (χ2v) is 10.3. The van der Waals surface area contributed by atoms with E-state index in [4.69, 9.17) is 4.42 Å². The van der Waals surface area contributed by atoms with E-state index in [1.165, 1.54) is 22.2 Å². The van der Waals surface area contributed by atoms with Crippen molar-refractivity contribution in [1.29, 1.82) is 0 Å². The molecule has 12 heteroatoms. The molecule has 4 aromatic heterocycles. The number of furan rings is 1. The zero-order valence-corrected chi connectivity index (χ0v) is 19.6. The summed E-state index contributed by atoms with van der Waals surface area (Å²) in [5, 5.41) is 3.96. The van der Waals surface area contributed by atoms with E-state index in [1.54, 1.807) is 35.0 Å². The fourth-order valence-electron chi connectivity index (χ4n) is 3.99. The van der Waals surface area contributed by atoms with Gasteiger partial charge in [-0.15, -0.1) is 11.3 Å². The number of benzene rings is 1. The second kappa shape index (κ2) is 7.85. The van der Waals surface area contributed by atoms with Crippen LogP contribution < -0.4 is 16.0 Å². The Kier molecular flexibility index (Phi) is 5.06. The molecule has 0 aliphatic rings. The Morgan fingerprint density at radius 1 is 1.18 bits per heavy atom. The van der Waals surface area contributed by atoms with Crippen LogP contribution in [0.2, 0.25) is 0 Å². The number of thiophene rings is 1. The van der Waals surface area contributed by atoms with Gasteiger partial charge in [-0.1, -0.05) is 11.6 Å². The maximum Gasteiger partial charge on any atom is 0.333 e. The summed E-state index contributed by atoms with van der Waals surface area (Å²) in [6, 6.07) is 8.69. The second-order valence-electron chi connectivity index (χ2n) is 7.86. The monoisotopic (exact) mass is 498 g/mol. The summed E-state index contributed by atoms with van der Waals surface area (Å²) in [6.45, 7) is 1.89. The summed E-state index contributed by atoms with van der Waals surface area (Å²) < 4.78 is 33.7. The lowest BCUT2D eigenvalue weighted by molar-refractivity contribution is 0.0973. The third-order valence-corrected chi connectivity index (χ3v) is 6.64. The van der Waals surface area contributed by atoms with Gasteiger partial charge in [0.25, 0.3) is 11.5 Å². The Bertz CT molecular complexity index is 1800. The van der Waals surface area contributed by atoms with Crippen LogP contribution in [0.3, 0.4) is 0 Å². The van der Waals surface area contributed by atoms with E-state index in [9.17, 15) is 22.8 Å². The summed E-state index contributed by atoms with van der Waals surface area (Å²) in [5.74, 6) is -0.485. The number of hydrogen-bond donors (Lipinski definition) is 2. The molecule has 5 rings (SSSR count). The average Bonchev–Trinajstić information content (AvgIpc) is 3.47. The number of amides is 1. The van der Waals surface area contributed by atoms with Crippen LogP contribution >= 0.6 is 11.3 Å². The number of carbonyl (C=O) groups is 1. The van der Waals surface area contributed by atoms with E-state index in [1.807, 2.05) is 17.7 Å². The van der Waals surface area contributed by atoms with Gasteiger partial charge in [0.2, 0.25) is 10.0 Å². The first kappa shape index (κ1) is 21.9. The number of hydrogen-bond acceptors (Lipinski definition) is 7. The highest BCUT2D eigenvalue weighted by molar-refractivity contribution is 7.89. The molecule has 1 amide bonds. The summed E-state index contributed by atoms with van der Waals surface area (Å²) >= 11 is 1.25. The first-order valence-corrected chi connectivity index (χ1v) is 12.9. The summed E-state index contributed by atoms with van der Waals surface area (Å²) in [4.78, 5) is 42.5. The quantitative estimate of drug-likeness (QED) is 0.382. The maximum absolute atomic E-state index is 13.4. The number of aromatic nitrogens is 3. The van der Waals surface area contributed by atoms with Gasteiger partial charge >= 0.3 is 5.69 Å². The molecule has 0 aliphatic heterocycles. The van der Waals surface area contributed by atoms with E-state index in [2.05, 4.69) is 4.98 Å². The Morgan fingerprint density at radius 3 is 2.68 bits per heavy atom. The van der Waals surface area contributed by atoms with E-state index >= 15 is 0 Å². The molecule has 0 bridgehead atoms. The minimum Gasteiger partial charge on any atom is -0.467 e. The zero-order chi connectivity index (χ0) is 24.2. The predicted octanol–water partition coefficient (Wildman–Crippen LogP) is 2.33. The number of rotatable bonds is 5. The van der Waals surface area contributed by atoms with Crippen molar-refractivity contribution in [3.05, 3.63) is 85.2 Å². The number of aryl methyl sites for hydroxylation is 1. The lowest BCUT2D eigenvalue weighted by Gasteiger charge is -2.12. The molecule has 10 nitrogen and oxygen atoms in total. The van der Waals surface area contributed by atoms with E-state index < -0.39 is 27.2 Å². The van der Waals surface area contributed by atoms with Crippen molar-refractivity contribution >= 4 is 49.1 Å². The van der Waals surface area contributed by atoms with Gasteiger partial charge in [0, 0.05) is 16.1 Å². The Labute approximate surface area is 196 Å². The molecular weight excluding hydrogens is 480 g/mol. The number of nitrogens with zero attached hydrogens (tertiary/aromatic N) is 2. The summed E-state index contributed by atoms with van der Waals surface area (Å²) in [7, 11) is -3.95. The predicted molar refractivity (Wildman–Crippen MR) is 128 cm³/mol. The minimum atomic E-state index is -3.95. The molecule has 1 aromatic carbocycles. The summed E-state index contributed by atoms with van der Waals surface area (Å²) in [5.41, 5.74) is 0.187. The van der Waals surface area contributed by atoms with Gasteiger partial charge < -0.3 is 14.0 Å². The highest BCUT2D eigenvalue weighted by Crippen LogP contribution is 2.31. The third-order valence-electron chi connectivity index (χ3n) is 5.34. The maximum atomic E-state index is 13.4. The molecule has 34 heavy (non-hydrogen) atoms. The van der Waals surface area contributed by atoms with Crippen molar-refractivity contribution in [2.24, 2.45) is 0 Å². The highest BCUT2D eigenvalue weighted by Gasteiger charge is 2.28. The van der Waals surface area contributed by atoms with Crippen LogP contribution in [0.1, 0.15) is 21.8 Å². The van der Waals surface area contributed by atoms with Gasteiger partial charge in [-0.3, -0.25) is 9.59 Å². The number of nitrogens with one attached hydrogen (secondary N) is 2. The van der Waals surface area contributed by atoms with E-state index in [0.717, 1.165) is 16.4 Å². The van der Waals surface area contributed by atoms with Crippen molar-refractivity contribution in [3.63, 3.8) is 0 Å².